The molecule has 0 amide bonds. The van der Waals surface area contributed by atoms with Crippen molar-refractivity contribution in [3.05, 3.63) is 23.7 Å². The largest absolute Gasteiger partial charge is 0.380 e. The van der Waals surface area contributed by atoms with Gasteiger partial charge in [0, 0.05) is 44.2 Å². The van der Waals surface area contributed by atoms with E-state index in [2.05, 4.69) is 32.4 Å². The Morgan fingerprint density at radius 2 is 2.13 bits per heavy atom. The average molecular weight is 412 g/mol. The van der Waals surface area contributed by atoms with Crippen LogP contribution in [0.25, 0.3) is 11.0 Å². The molecule has 1 atom stereocenters. The first kappa shape index (κ1) is 20.4. The average Bonchev–Trinajstić information content (AvgIpc) is 3.04. The topological polar surface area (TPSA) is 106 Å². The molecule has 1 saturated heterocycles. The Balaban J connectivity index is 1.78. The van der Waals surface area contributed by atoms with Crippen LogP contribution in [0, 0.1) is 13.8 Å². The summed E-state index contributed by atoms with van der Waals surface area (Å²) in [5, 5.41) is 11.5. The summed E-state index contributed by atoms with van der Waals surface area (Å²) >= 11 is 0. The molecule has 1 fully saturated rings. The highest BCUT2D eigenvalue weighted by molar-refractivity contribution is 5.90. The fourth-order valence-corrected chi connectivity index (χ4v) is 3.63. The Morgan fingerprint density at radius 3 is 2.90 bits per heavy atom. The lowest BCUT2D eigenvalue weighted by Crippen LogP contribution is -2.49. The summed E-state index contributed by atoms with van der Waals surface area (Å²) in [6, 6.07) is 2.25. The van der Waals surface area contributed by atoms with Crippen molar-refractivity contribution in [3.63, 3.8) is 0 Å². The van der Waals surface area contributed by atoms with Gasteiger partial charge in [0.05, 0.1) is 18.8 Å². The van der Waals surface area contributed by atoms with Crippen LogP contribution in [0.4, 0.5) is 17.7 Å². The molecule has 0 bridgehead atoms. The summed E-state index contributed by atoms with van der Waals surface area (Å²) in [4.78, 5) is 20.8. The molecule has 160 valence electrons. The maximum Gasteiger partial charge on any atom is 0.228 e. The van der Waals surface area contributed by atoms with Gasteiger partial charge in [0.15, 0.2) is 5.82 Å². The number of aromatic nitrogens is 6. The molecule has 1 aliphatic heterocycles. The van der Waals surface area contributed by atoms with Crippen molar-refractivity contribution in [1.82, 2.24) is 35.0 Å². The molecule has 0 radical (unpaired) electrons. The molecule has 4 heterocycles. The van der Waals surface area contributed by atoms with Crippen LogP contribution in [-0.4, -0.2) is 68.6 Å². The maximum atomic E-state index is 5.54. The lowest BCUT2D eigenvalue weighted by molar-refractivity contribution is 0.137. The summed E-state index contributed by atoms with van der Waals surface area (Å²) < 4.78 is 7.44. The fourth-order valence-electron chi connectivity index (χ4n) is 3.63. The van der Waals surface area contributed by atoms with Gasteiger partial charge in [-0.1, -0.05) is 0 Å². The number of ether oxygens (including phenoxy) is 1. The molecule has 0 unspecified atom stereocenters. The van der Waals surface area contributed by atoms with Crippen LogP contribution in [-0.2, 0) is 11.3 Å². The lowest BCUT2D eigenvalue weighted by atomic mass is 10.2. The van der Waals surface area contributed by atoms with Crippen molar-refractivity contribution >= 4 is 28.7 Å². The molecule has 10 nitrogen and oxygen atoms in total. The third kappa shape index (κ3) is 4.34. The zero-order valence-corrected chi connectivity index (χ0v) is 18.0. The molecule has 3 aromatic heterocycles. The molecular formula is C20H29N9O. The SMILES string of the molecule is CCOCCn1nc(C)c2nc(N3CCN[C@H](C)C3)nc(Nc3nccc(C)n3)c21. The zero-order valence-electron chi connectivity index (χ0n) is 18.0. The Hall–Kier alpha value is -2.85. The number of fused-ring (bicyclic) bond motifs is 1. The smallest absolute Gasteiger partial charge is 0.228 e. The van der Waals surface area contributed by atoms with Gasteiger partial charge >= 0.3 is 0 Å². The third-order valence-corrected chi connectivity index (χ3v) is 5.07. The van der Waals surface area contributed by atoms with Crippen LogP contribution < -0.4 is 15.5 Å². The van der Waals surface area contributed by atoms with E-state index >= 15 is 0 Å². The molecule has 0 spiro atoms. The number of aryl methyl sites for hydroxylation is 2. The standard InChI is InChI=1S/C20H29N9O/c1-5-30-11-10-29-17-16(15(4)27-29)24-20(28-9-8-21-14(3)12-28)26-18(17)25-19-22-7-6-13(2)23-19/h6-7,14,21H,5,8-12H2,1-4H3,(H,22,23,24,25,26)/t14-/m1/s1. The van der Waals surface area contributed by atoms with E-state index in [-0.39, 0.29) is 0 Å². The van der Waals surface area contributed by atoms with Crippen molar-refractivity contribution in [3.8, 4) is 0 Å². The van der Waals surface area contributed by atoms with Crippen molar-refractivity contribution in [2.24, 2.45) is 0 Å². The maximum absolute atomic E-state index is 5.54. The molecule has 2 N–H and O–H groups in total. The monoisotopic (exact) mass is 411 g/mol. The summed E-state index contributed by atoms with van der Waals surface area (Å²) in [7, 11) is 0. The molecule has 10 heteroatoms. The Morgan fingerprint density at radius 1 is 1.27 bits per heavy atom. The molecule has 0 aliphatic carbocycles. The first-order valence-electron chi connectivity index (χ1n) is 10.4. The van der Waals surface area contributed by atoms with Gasteiger partial charge < -0.3 is 20.3 Å². The molecule has 4 rings (SSSR count). The highest BCUT2D eigenvalue weighted by Crippen LogP contribution is 2.28. The van der Waals surface area contributed by atoms with Gasteiger partial charge in [0.1, 0.15) is 11.0 Å². The normalized spacial score (nSPS) is 16.9. The number of hydrogen-bond donors (Lipinski definition) is 2. The summed E-state index contributed by atoms with van der Waals surface area (Å²) in [6.07, 6.45) is 1.74. The van der Waals surface area contributed by atoms with E-state index in [4.69, 9.17) is 19.8 Å². The lowest BCUT2D eigenvalue weighted by Gasteiger charge is -2.32. The van der Waals surface area contributed by atoms with E-state index < -0.39 is 0 Å². The number of anilines is 3. The minimum absolute atomic E-state index is 0.379. The molecule has 30 heavy (non-hydrogen) atoms. The summed E-state index contributed by atoms with van der Waals surface area (Å²) in [5.74, 6) is 1.85. The highest BCUT2D eigenvalue weighted by Gasteiger charge is 2.23. The van der Waals surface area contributed by atoms with Gasteiger partial charge in [-0.05, 0) is 33.8 Å². The first-order valence-corrected chi connectivity index (χ1v) is 10.4. The van der Waals surface area contributed by atoms with Gasteiger partial charge in [0.25, 0.3) is 0 Å². The van der Waals surface area contributed by atoms with Crippen LogP contribution >= 0.6 is 0 Å². The van der Waals surface area contributed by atoms with E-state index in [1.54, 1.807) is 6.20 Å². The van der Waals surface area contributed by atoms with E-state index in [0.717, 1.165) is 42.1 Å². The second-order valence-electron chi connectivity index (χ2n) is 7.52. The molecule has 3 aromatic rings. The number of nitrogens with zero attached hydrogens (tertiary/aromatic N) is 7. The van der Waals surface area contributed by atoms with Gasteiger partial charge in [0.2, 0.25) is 11.9 Å². The van der Waals surface area contributed by atoms with E-state index in [1.807, 2.05) is 31.5 Å². The molecular weight excluding hydrogens is 382 g/mol. The predicted molar refractivity (Wildman–Crippen MR) is 116 cm³/mol. The quantitative estimate of drug-likeness (QED) is 0.563. The number of piperazine rings is 1. The van der Waals surface area contributed by atoms with Crippen LogP contribution in [0.2, 0.25) is 0 Å². The Labute approximate surface area is 176 Å². The predicted octanol–water partition coefficient (Wildman–Crippen LogP) is 1.81. The molecule has 0 saturated carbocycles. The van der Waals surface area contributed by atoms with Crippen LogP contribution in [0.5, 0.6) is 0 Å². The van der Waals surface area contributed by atoms with Crippen molar-refractivity contribution in [2.75, 3.05) is 43.1 Å². The first-order chi connectivity index (χ1) is 14.5. The van der Waals surface area contributed by atoms with Crippen LogP contribution in [0.15, 0.2) is 12.3 Å². The van der Waals surface area contributed by atoms with Crippen molar-refractivity contribution in [2.45, 2.75) is 40.3 Å². The van der Waals surface area contributed by atoms with E-state index in [9.17, 15) is 0 Å². The van der Waals surface area contributed by atoms with Crippen LogP contribution in [0.1, 0.15) is 25.2 Å². The number of rotatable bonds is 7. The minimum Gasteiger partial charge on any atom is -0.380 e. The van der Waals surface area contributed by atoms with Gasteiger partial charge in [-0.2, -0.15) is 10.1 Å². The fraction of sp³-hybridized carbons (Fsp3) is 0.550. The van der Waals surface area contributed by atoms with Gasteiger partial charge in [-0.15, -0.1) is 0 Å². The molecule has 1 aliphatic rings. The van der Waals surface area contributed by atoms with Gasteiger partial charge in [-0.3, -0.25) is 4.68 Å². The Bertz CT molecular complexity index is 1020. The summed E-state index contributed by atoms with van der Waals surface area (Å²) in [6.45, 7) is 12.5. The minimum atomic E-state index is 0.379. The van der Waals surface area contributed by atoms with Gasteiger partial charge in [-0.25, -0.2) is 15.0 Å². The van der Waals surface area contributed by atoms with Crippen molar-refractivity contribution < 1.29 is 4.74 Å². The van der Waals surface area contributed by atoms with Crippen LogP contribution in [0.3, 0.4) is 0 Å². The third-order valence-electron chi connectivity index (χ3n) is 5.07. The highest BCUT2D eigenvalue weighted by atomic mass is 16.5. The second kappa shape index (κ2) is 8.88. The number of hydrogen-bond acceptors (Lipinski definition) is 9. The zero-order chi connectivity index (χ0) is 21.1. The van der Waals surface area contributed by atoms with E-state index in [0.29, 0.717) is 43.5 Å². The second-order valence-corrected chi connectivity index (χ2v) is 7.52. The number of nitrogens with one attached hydrogen (secondary N) is 2. The van der Waals surface area contributed by atoms with E-state index in [1.165, 1.54) is 0 Å². The molecule has 0 aromatic carbocycles. The summed E-state index contributed by atoms with van der Waals surface area (Å²) in [5.41, 5.74) is 3.42. The Kier molecular flexibility index (Phi) is 6.05. The van der Waals surface area contributed by atoms with Crippen molar-refractivity contribution in [1.29, 1.82) is 0 Å².